The number of fused-ring (bicyclic) bond motifs is 1. The number of nitrogens with zero attached hydrogens (tertiary/aromatic N) is 3. The fraction of sp³-hybridized carbons (Fsp3) is 0.391. The summed E-state index contributed by atoms with van der Waals surface area (Å²) in [5.74, 6) is 1.93. The molecule has 4 rings (SSSR count). The Labute approximate surface area is 165 Å². The molecule has 3 aromatic rings. The van der Waals surface area contributed by atoms with E-state index in [1.165, 1.54) is 12.8 Å². The molecule has 2 heterocycles. The van der Waals surface area contributed by atoms with Crippen molar-refractivity contribution in [1.82, 2.24) is 14.5 Å². The van der Waals surface area contributed by atoms with E-state index >= 15 is 0 Å². The van der Waals surface area contributed by atoms with Gasteiger partial charge in [0.1, 0.15) is 11.6 Å². The van der Waals surface area contributed by atoms with Crippen LogP contribution in [0.5, 0.6) is 5.75 Å². The minimum atomic E-state index is 0.247. The molecule has 0 unspecified atom stereocenters. The van der Waals surface area contributed by atoms with Gasteiger partial charge in [-0.15, -0.1) is 0 Å². The van der Waals surface area contributed by atoms with Gasteiger partial charge in [-0.1, -0.05) is 37.1 Å². The molecule has 5 heteroatoms. The summed E-state index contributed by atoms with van der Waals surface area (Å²) in [6.45, 7) is 2.42. The number of carbonyl (C=O) groups is 1. The Morgan fingerprint density at radius 1 is 1.04 bits per heavy atom. The number of benzene rings is 2. The van der Waals surface area contributed by atoms with E-state index in [0.29, 0.717) is 13.0 Å². The largest absolute Gasteiger partial charge is 0.497 e. The Hall–Kier alpha value is -2.82. The Bertz CT molecular complexity index is 955. The topological polar surface area (TPSA) is 47.4 Å². The van der Waals surface area contributed by atoms with Crippen LogP contribution in [0.2, 0.25) is 0 Å². The highest BCUT2D eigenvalue weighted by Crippen LogP contribution is 2.27. The van der Waals surface area contributed by atoms with Crippen LogP contribution in [0.3, 0.4) is 0 Å². The molecular formula is C23H27N3O2. The standard InChI is InChI=1S/C23H27N3O2/c1-28-19-10-8-9-18(17-19)23-24-20-11-4-5-12-21(20)26(23)16-13-22(27)25-14-6-2-3-7-15-25/h4-5,8-12,17H,2-3,6-7,13-16H2,1H3. The Morgan fingerprint density at radius 2 is 1.82 bits per heavy atom. The van der Waals surface area contributed by atoms with Crippen LogP contribution in [0.25, 0.3) is 22.4 Å². The third kappa shape index (κ3) is 3.88. The Balaban J connectivity index is 1.62. The first-order chi connectivity index (χ1) is 13.8. The van der Waals surface area contributed by atoms with Crippen molar-refractivity contribution in [2.24, 2.45) is 0 Å². The van der Waals surface area contributed by atoms with Gasteiger partial charge in [0.05, 0.1) is 18.1 Å². The zero-order chi connectivity index (χ0) is 19.3. The van der Waals surface area contributed by atoms with Crippen LogP contribution in [0.15, 0.2) is 48.5 Å². The van der Waals surface area contributed by atoms with E-state index < -0.39 is 0 Å². The highest BCUT2D eigenvalue weighted by molar-refractivity contribution is 5.81. The van der Waals surface area contributed by atoms with Gasteiger partial charge in [-0.2, -0.15) is 0 Å². The molecule has 0 N–H and O–H groups in total. The van der Waals surface area contributed by atoms with E-state index in [9.17, 15) is 4.79 Å². The summed E-state index contributed by atoms with van der Waals surface area (Å²) in [5.41, 5.74) is 3.00. The van der Waals surface area contributed by atoms with Gasteiger partial charge in [-0.25, -0.2) is 4.98 Å². The number of aryl methyl sites for hydroxylation is 1. The lowest BCUT2D eigenvalue weighted by Crippen LogP contribution is -2.32. The fourth-order valence-corrected chi connectivity index (χ4v) is 3.97. The van der Waals surface area contributed by atoms with Gasteiger partial charge in [-0.05, 0) is 37.1 Å². The first kappa shape index (κ1) is 18.5. The van der Waals surface area contributed by atoms with Crippen LogP contribution in [-0.4, -0.2) is 40.6 Å². The number of imidazole rings is 1. The molecule has 1 aliphatic rings. The van der Waals surface area contributed by atoms with Crippen LogP contribution in [-0.2, 0) is 11.3 Å². The summed E-state index contributed by atoms with van der Waals surface area (Å²) in [5, 5.41) is 0. The minimum absolute atomic E-state index is 0.247. The van der Waals surface area contributed by atoms with Gasteiger partial charge in [0.25, 0.3) is 0 Å². The summed E-state index contributed by atoms with van der Waals surface area (Å²) in [6, 6.07) is 16.0. The number of likely N-dealkylation sites (tertiary alicyclic amines) is 1. The van der Waals surface area contributed by atoms with Crippen molar-refractivity contribution in [3.63, 3.8) is 0 Å². The van der Waals surface area contributed by atoms with E-state index in [4.69, 9.17) is 9.72 Å². The van der Waals surface area contributed by atoms with E-state index in [1.807, 2.05) is 47.4 Å². The molecule has 0 spiro atoms. The summed E-state index contributed by atoms with van der Waals surface area (Å²) in [7, 11) is 1.67. The lowest BCUT2D eigenvalue weighted by atomic mass is 10.2. The summed E-state index contributed by atoms with van der Waals surface area (Å²) < 4.78 is 7.55. The van der Waals surface area contributed by atoms with Crippen molar-refractivity contribution >= 4 is 16.9 Å². The number of amides is 1. The molecule has 0 bridgehead atoms. The molecule has 28 heavy (non-hydrogen) atoms. The molecule has 0 aliphatic carbocycles. The van der Waals surface area contributed by atoms with Gasteiger partial charge >= 0.3 is 0 Å². The molecule has 0 radical (unpaired) electrons. The molecular weight excluding hydrogens is 350 g/mol. The zero-order valence-electron chi connectivity index (χ0n) is 16.4. The number of hydrogen-bond acceptors (Lipinski definition) is 3. The van der Waals surface area contributed by atoms with Gasteiger partial charge in [-0.3, -0.25) is 4.79 Å². The predicted octanol–water partition coefficient (Wildman–Crippen LogP) is 4.50. The molecule has 1 amide bonds. The second kappa shape index (κ2) is 8.46. The summed E-state index contributed by atoms with van der Waals surface area (Å²) >= 11 is 0. The predicted molar refractivity (Wildman–Crippen MR) is 111 cm³/mol. The average Bonchev–Trinajstić information content (AvgIpc) is 2.90. The van der Waals surface area contributed by atoms with E-state index in [-0.39, 0.29) is 5.91 Å². The van der Waals surface area contributed by atoms with Crippen LogP contribution in [0.1, 0.15) is 32.1 Å². The molecule has 5 nitrogen and oxygen atoms in total. The third-order valence-corrected chi connectivity index (χ3v) is 5.49. The highest BCUT2D eigenvalue weighted by atomic mass is 16.5. The second-order valence-electron chi connectivity index (χ2n) is 7.35. The number of para-hydroxylation sites is 2. The van der Waals surface area contributed by atoms with Gasteiger partial charge in [0.15, 0.2) is 0 Å². The molecule has 2 aromatic carbocycles. The van der Waals surface area contributed by atoms with Crippen molar-refractivity contribution in [2.75, 3.05) is 20.2 Å². The van der Waals surface area contributed by atoms with Crippen molar-refractivity contribution in [2.45, 2.75) is 38.6 Å². The number of carbonyl (C=O) groups excluding carboxylic acids is 1. The van der Waals surface area contributed by atoms with Crippen LogP contribution in [0.4, 0.5) is 0 Å². The van der Waals surface area contributed by atoms with Crippen molar-refractivity contribution in [1.29, 1.82) is 0 Å². The number of hydrogen-bond donors (Lipinski definition) is 0. The Kier molecular flexibility index (Phi) is 5.60. The normalized spacial score (nSPS) is 14.8. The third-order valence-electron chi connectivity index (χ3n) is 5.49. The maximum Gasteiger partial charge on any atom is 0.224 e. The molecule has 1 saturated heterocycles. The molecule has 1 aliphatic heterocycles. The summed E-state index contributed by atoms with van der Waals surface area (Å²) in [6.07, 6.45) is 5.20. The maximum absolute atomic E-state index is 12.8. The lowest BCUT2D eigenvalue weighted by molar-refractivity contribution is -0.131. The maximum atomic E-state index is 12.8. The van der Waals surface area contributed by atoms with E-state index in [1.54, 1.807) is 7.11 Å². The van der Waals surface area contributed by atoms with Crippen molar-refractivity contribution in [3.05, 3.63) is 48.5 Å². The monoisotopic (exact) mass is 377 g/mol. The van der Waals surface area contributed by atoms with Crippen LogP contribution >= 0.6 is 0 Å². The number of methoxy groups -OCH3 is 1. The van der Waals surface area contributed by atoms with Crippen molar-refractivity contribution in [3.8, 4) is 17.1 Å². The molecule has 1 aromatic heterocycles. The minimum Gasteiger partial charge on any atom is -0.497 e. The number of rotatable bonds is 5. The molecule has 1 fully saturated rings. The van der Waals surface area contributed by atoms with Gasteiger partial charge in [0, 0.05) is 31.6 Å². The second-order valence-corrected chi connectivity index (χ2v) is 7.35. The lowest BCUT2D eigenvalue weighted by Gasteiger charge is -2.20. The quantitative estimate of drug-likeness (QED) is 0.657. The molecule has 146 valence electrons. The van der Waals surface area contributed by atoms with Crippen molar-refractivity contribution < 1.29 is 9.53 Å². The highest BCUT2D eigenvalue weighted by Gasteiger charge is 2.18. The smallest absolute Gasteiger partial charge is 0.224 e. The molecule has 0 saturated carbocycles. The first-order valence-corrected chi connectivity index (χ1v) is 10.1. The number of aromatic nitrogens is 2. The fourth-order valence-electron chi connectivity index (χ4n) is 3.97. The van der Waals surface area contributed by atoms with Gasteiger partial charge < -0.3 is 14.2 Å². The zero-order valence-corrected chi connectivity index (χ0v) is 16.4. The van der Waals surface area contributed by atoms with E-state index in [0.717, 1.165) is 54.1 Å². The Morgan fingerprint density at radius 3 is 2.61 bits per heavy atom. The van der Waals surface area contributed by atoms with Crippen LogP contribution in [0, 0.1) is 0 Å². The molecule has 0 atom stereocenters. The number of ether oxygens (including phenoxy) is 1. The summed E-state index contributed by atoms with van der Waals surface area (Å²) in [4.78, 5) is 19.7. The first-order valence-electron chi connectivity index (χ1n) is 10.1. The average molecular weight is 377 g/mol. The van der Waals surface area contributed by atoms with Gasteiger partial charge in [0.2, 0.25) is 5.91 Å². The van der Waals surface area contributed by atoms with Crippen LogP contribution < -0.4 is 4.74 Å². The van der Waals surface area contributed by atoms with E-state index in [2.05, 4.69) is 10.6 Å². The SMILES string of the molecule is COc1cccc(-c2nc3ccccc3n2CCC(=O)N2CCCCCC2)c1.